The van der Waals surface area contributed by atoms with Crippen LogP contribution >= 0.6 is 0 Å². The first-order valence-electron chi connectivity index (χ1n) is 28.2. The Morgan fingerprint density at radius 1 is 0.479 bits per heavy atom. The van der Waals surface area contributed by atoms with E-state index in [2.05, 4.69) is 70.6 Å². The van der Waals surface area contributed by atoms with Gasteiger partial charge >= 0.3 is 0 Å². The van der Waals surface area contributed by atoms with Crippen LogP contribution in [0.25, 0.3) is 10.9 Å². The van der Waals surface area contributed by atoms with Crippen LogP contribution < -0.4 is 0 Å². The highest BCUT2D eigenvalue weighted by molar-refractivity contribution is 5.77. The molecule has 73 heavy (non-hydrogen) atoms. The third-order valence-corrected chi connectivity index (χ3v) is 15.3. The monoisotopic (exact) mass is 1010 g/mol. The summed E-state index contributed by atoms with van der Waals surface area (Å²) in [6.07, 6.45) is 22.3. The van der Waals surface area contributed by atoms with Gasteiger partial charge < -0.3 is 39.7 Å². The molecule has 12 fully saturated rings. The summed E-state index contributed by atoms with van der Waals surface area (Å²) in [5, 5.41) is 26.7. The molecule has 0 unspecified atom stereocenters. The van der Waals surface area contributed by atoms with E-state index in [1.165, 1.54) is 141 Å². The number of para-hydroxylation sites is 1. The number of piperazine rings is 3. The summed E-state index contributed by atoms with van der Waals surface area (Å²) in [5.74, 6) is 4.42. The molecule has 1 saturated carbocycles. The Bertz CT molecular complexity index is 1650. The van der Waals surface area contributed by atoms with Crippen LogP contribution in [0.1, 0.15) is 63.4 Å². The first-order valence-corrected chi connectivity index (χ1v) is 28.2. The molecule has 14 heterocycles. The number of fused-ring (bicyclic) bond motifs is 7. The Labute approximate surface area is 441 Å². The minimum absolute atomic E-state index is 0.0694. The number of aromatic nitrogens is 3. The lowest BCUT2D eigenvalue weighted by Gasteiger charge is -2.51. The van der Waals surface area contributed by atoms with E-state index in [0.29, 0.717) is 19.6 Å². The molecule has 0 atom stereocenters. The molecule has 11 aliphatic heterocycles. The van der Waals surface area contributed by atoms with Crippen molar-refractivity contribution in [2.24, 2.45) is 23.7 Å². The van der Waals surface area contributed by atoms with Gasteiger partial charge in [0.1, 0.15) is 0 Å². The molecule has 11 saturated heterocycles. The summed E-state index contributed by atoms with van der Waals surface area (Å²) in [7, 11) is 4.31. The van der Waals surface area contributed by atoms with E-state index in [1.807, 2.05) is 67.7 Å². The number of nitrogens with zero attached hydrogens (tertiary/aromatic N) is 10. The quantitative estimate of drug-likeness (QED) is 0.206. The van der Waals surface area contributed by atoms with Crippen molar-refractivity contribution in [2.75, 3.05) is 171 Å². The van der Waals surface area contributed by atoms with Gasteiger partial charge in [-0.3, -0.25) is 29.7 Å². The van der Waals surface area contributed by atoms with E-state index in [1.54, 1.807) is 48.9 Å². The van der Waals surface area contributed by atoms with Crippen LogP contribution in [0, 0.1) is 30.6 Å². The topological polar surface area (TPSA) is 131 Å². The van der Waals surface area contributed by atoms with Crippen molar-refractivity contribution in [3.05, 3.63) is 103 Å². The van der Waals surface area contributed by atoms with Crippen LogP contribution in [0.3, 0.4) is 0 Å². The molecule has 14 heteroatoms. The lowest BCUT2D eigenvalue weighted by Crippen LogP contribution is -2.55. The number of benzene rings is 1. The molecule has 12 aliphatic rings. The van der Waals surface area contributed by atoms with Crippen LogP contribution in [0.2, 0.25) is 0 Å². The zero-order valence-corrected chi connectivity index (χ0v) is 45.6. The van der Waals surface area contributed by atoms with Crippen molar-refractivity contribution in [2.45, 2.75) is 64.7 Å². The molecule has 16 rings (SSSR count). The van der Waals surface area contributed by atoms with E-state index in [-0.39, 0.29) is 19.8 Å². The summed E-state index contributed by atoms with van der Waals surface area (Å²) in [6, 6.07) is 21.7. The molecule has 1 aliphatic carbocycles. The second kappa shape index (κ2) is 37.3. The van der Waals surface area contributed by atoms with E-state index in [4.69, 9.17) is 20.1 Å². The minimum Gasteiger partial charge on any atom is -0.395 e. The van der Waals surface area contributed by atoms with Crippen LogP contribution in [-0.2, 0) is 4.74 Å². The third-order valence-electron chi connectivity index (χ3n) is 15.3. The fourth-order valence-electron chi connectivity index (χ4n) is 11.1. The predicted molar refractivity (Wildman–Crippen MR) is 300 cm³/mol. The van der Waals surface area contributed by atoms with Crippen molar-refractivity contribution in [1.82, 2.24) is 49.3 Å². The van der Waals surface area contributed by atoms with Gasteiger partial charge in [0, 0.05) is 128 Å². The molecule has 3 aromatic heterocycles. The molecule has 0 spiro atoms. The Morgan fingerprint density at radius 2 is 0.945 bits per heavy atom. The number of rotatable bonds is 6. The molecular weight excluding hydrogens is 913 g/mol. The molecule has 0 radical (unpaired) electrons. The van der Waals surface area contributed by atoms with E-state index in [0.717, 1.165) is 55.5 Å². The van der Waals surface area contributed by atoms with Gasteiger partial charge in [-0.1, -0.05) is 36.8 Å². The number of aliphatic hydroxyl groups is 3. The van der Waals surface area contributed by atoms with Crippen molar-refractivity contribution >= 4 is 10.9 Å². The van der Waals surface area contributed by atoms with Gasteiger partial charge in [0.2, 0.25) is 0 Å². The Hall–Kier alpha value is -3.51. The largest absolute Gasteiger partial charge is 0.395 e. The number of likely N-dealkylation sites (N-methyl/N-ethyl adjacent to an activating group) is 1. The SMILES string of the molecule is C1C2CC3CC1CN(C2)C3.C1CN2CCC1CC2.C1CN2CCN1CC2.CN1CCCCC1.CN1CCOCC1.Cc1ccncc1.OCCN(CCO)CCO.c1ccc2ncccc2c1.c1ccncc1. The normalized spacial score (nSPS) is 26.9. The van der Waals surface area contributed by atoms with Crippen LogP contribution in [-0.4, -0.2) is 236 Å². The molecule has 3 N–H and O–H groups in total. The second-order valence-electron chi connectivity index (χ2n) is 21.3. The number of likely N-dealkylation sites (tertiary alicyclic amines) is 1. The molecule has 4 aromatic rings. The van der Waals surface area contributed by atoms with Gasteiger partial charge in [-0.15, -0.1) is 0 Å². The molecule has 0 amide bonds. The number of ether oxygens (including phenoxy) is 1. The zero-order chi connectivity index (χ0) is 51.6. The molecule has 408 valence electrons. The number of aliphatic hydroxyl groups excluding tert-OH is 3. The minimum atomic E-state index is 0.0694. The maximum absolute atomic E-state index is 8.48. The van der Waals surface area contributed by atoms with Crippen molar-refractivity contribution in [3.63, 3.8) is 0 Å². The number of piperidine rings is 7. The first kappa shape index (κ1) is 60.4. The van der Waals surface area contributed by atoms with Gasteiger partial charge in [0.25, 0.3) is 0 Å². The average Bonchev–Trinajstić information content (AvgIpc) is 3.44. The summed E-state index contributed by atoms with van der Waals surface area (Å²) in [4.78, 5) is 28.6. The highest BCUT2D eigenvalue weighted by atomic mass is 16.5. The number of hydrogen-bond acceptors (Lipinski definition) is 14. The number of morpholine rings is 1. The van der Waals surface area contributed by atoms with Gasteiger partial charge in [0.05, 0.1) is 38.6 Å². The highest BCUT2D eigenvalue weighted by Crippen LogP contribution is 2.42. The number of aryl methyl sites for hydroxylation is 1. The summed E-state index contributed by atoms with van der Waals surface area (Å²) < 4.78 is 5.10. The van der Waals surface area contributed by atoms with Gasteiger partial charge in [0.15, 0.2) is 0 Å². The van der Waals surface area contributed by atoms with Crippen LogP contribution in [0.15, 0.2) is 97.7 Å². The lowest BCUT2D eigenvalue weighted by atomic mass is 9.68. The van der Waals surface area contributed by atoms with Crippen LogP contribution in [0.5, 0.6) is 0 Å². The highest BCUT2D eigenvalue weighted by Gasteiger charge is 2.40. The number of hydrogen-bond donors (Lipinski definition) is 3. The van der Waals surface area contributed by atoms with Gasteiger partial charge in [-0.2, -0.15) is 0 Å². The van der Waals surface area contributed by atoms with Crippen molar-refractivity contribution in [3.8, 4) is 0 Å². The van der Waals surface area contributed by atoms with Gasteiger partial charge in [-0.25, -0.2) is 0 Å². The van der Waals surface area contributed by atoms with Crippen molar-refractivity contribution < 1.29 is 20.1 Å². The molecule has 14 nitrogen and oxygen atoms in total. The van der Waals surface area contributed by atoms with E-state index < -0.39 is 0 Å². The average molecular weight is 1010 g/mol. The summed E-state index contributed by atoms with van der Waals surface area (Å²) in [6.45, 7) is 26.9. The molecular formula is C59H98N10O4. The van der Waals surface area contributed by atoms with Crippen LogP contribution in [0.4, 0.5) is 0 Å². The maximum atomic E-state index is 8.48. The third kappa shape index (κ3) is 26.2. The van der Waals surface area contributed by atoms with Gasteiger partial charge in [-0.05, 0) is 171 Å². The van der Waals surface area contributed by atoms with Crippen molar-refractivity contribution in [1.29, 1.82) is 0 Å². The Morgan fingerprint density at radius 3 is 1.26 bits per heavy atom. The summed E-state index contributed by atoms with van der Waals surface area (Å²) >= 11 is 0. The smallest absolute Gasteiger partial charge is 0.0701 e. The first-order chi connectivity index (χ1) is 35.8. The lowest BCUT2D eigenvalue weighted by molar-refractivity contribution is -0.0169. The molecule has 1 aromatic carbocycles. The standard InChI is InChI=1S/C9H15N.C9H7N.C7H13N.C6H12N2.C6H15NO3.C6H7N.C6H13N.C5H11NO.C5H5N/c1-7-2-9-3-8(1)5-10(4-7)6-9;1-2-6-9-8(4-1)5-3-7-10-9;1-4-8-5-2-7(1)3-6-8;1-2-8-5-3-7(1)4-6-8;8-4-1-7(2-5-9)3-6-10;1-6-2-4-7-5-3-6;1-7-5-3-2-4-6-7;1-6-2-4-7-5-3-6;1-2-4-6-5-3-1/h7-9H,1-6H2;1-7H;7H,1-6H2;1-6H2;8-10H,1-6H2;2-5H,1H3;2-6H2,1H3;2-5H2,1H3;1-5H. The Balaban J connectivity index is 0.000000153. The zero-order valence-electron chi connectivity index (χ0n) is 45.6. The Kier molecular flexibility index (Phi) is 30.8. The van der Waals surface area contributed by atoms with E-state index in [9.17, 15) is 0 Å². The van der Waals surface area contributed by atoms with E-state index >= 15 is 0 Å². The predicted octanol–water partition coefficient (Wildman–Crippen LogP) is 6.09. The summed E-state index contributed by atoms with van der Waals surface area (Å²) in [5.41, 5.74) is 2.32. The second-order valence-corrected chi connectivity index (χ2v) is 21.3. The number of pyridine rings is 3. The fourth-order valence-corrected chi connectivity index (χ4v) is 11.1. The fraction of sp³-hybridized carbons (Fsp3) is 0.678. The molecule has 8 bridgehead atoms. The maximum Gasteiger partial charge on any atom is 0.0701 e.